The van der Waals surface area contributed by atoms with Gasteiger partial charge in [0.25, 0.3) is 11.5 Å². The van der Waals surface area contributed by atoms with Crippen LogP contribution in [0.5, 0.6) is 0 Å². The van der Waals surface area contributed by atoms with Gasteiger partial charge in [-0.1, -0.05) is 22.9 Å². The number of carbonyl (C=O) groups excluding carboxylic acids is 2. The zero-order chi connectivity index (χ0) is 23.0. The summed E-state index contributed by atoms with van der Waals surface area (Å²) in [5.74, 6) is 0.121. The van der Waals surface area contributed by atoms with Crippen molar-refractivity contribution >= 4 is 55.0 Å². The third-order valence-corrected chi connectivity index (χ3v) is 7.57. The van der Waals surface area contributed by atoms with Crippen LogP contribution in [-0.4, -0.2) is 39.4 Å². The maximum Gasteiger partial charge on any atom is 0.266 e. The molecule has 0 saturated carbocycles. The predicted molar refractivity (Wildman–Crippen MR) is 130 cm³/mol. The number of aryl methyl sites for hydroxylation is 2. The summed E-state index contributed by atoms with van der Waals surface area (Å²) >= 11 is 4.61. The number of aromatic nitrogens is 2. The lowest BCUT2D eigenvalue weighted by Crippen LogP contribution is -2.42. The van der Waals surface area contributed by atoms with Crippen LogP contribution in [0.3, 0.4) is 0 Å². The number of halogens is 1. The number of piperidine rings is 1. The van der Waals surface area contributed by atoms with E-state index in [2.05, 4.69) is 33.2 Å². The van der Waals surface area contributed by atoms with Crippen molar-refractivity contribution in [1.29, 1.82) is 0 Å². The van der Waals surface area contributed by atoms with Crippen LogP contribution in [0, 0.1) is 19.8 Å². The van der Waals surface area contributed by atoms with Crippen molar-refractivity contribution in [2.24, 2.45) is 5.92 Å². The number of carbonyl (C=O) groups is 2. The Balaban J connectivity index is 1.60. The second-order valence-corrected chi connectivity index (χ2v) is 10.3. The molecule has 4 rings (SSSR count). The van der Waals surface area contributed by atoms with Crippen LogP contribution in [0.2, 0.25) is 0 Å². The maximum absolute atomic E-state index is 13.1. The molecule has 9 heteroatoms. The smallest absolute Gasteiger partial charge is 0.266 e. The van der Waals surface area contributed by atoms with E-state index in [1.807, 2.05) is 30.0 Å². The molecule has 0 radical (unpaired) electrons. The lowest BCUT2D eigenvalue weighted by molar-refractivity contribution is -0.133. The molecule has 0 bridgehead atoms. The first-order valence-electron chi connectivity index (χ1n) is 10.6. The number of thiophene rings is 1. The highest BCUT2D eigenvalue weighted by Crippen LogP contribution is 2.28. The Hall–Kier alpha value is -2.52. The van der Waals surface area contributed by atoms with Gasteiger partial charge in [0.2, 0.25) is 5.91 Å². The van der Waals surface area contributed by atoms with Gasteiger partial charge in [0.15, 0.2) is 0 Å². The molecule has 1 aliphatic heterocycles. The Bertz CT molecular complexity index is 1270. The highest BCUT2D eigenvalue weighted by atomic mass is 79.9. The van der Waals surface area contributed by atoms with Crippen LogP contribution in [0.15, 0.2) is 33.8 Å². The molecular weight excluding hydrogens is 492 g/mol. The van der Waals surface area contributed by atoms with Gasteiger partial charge in [-0.25, -0.2) is 4.98 Å². The molecule has 1 aromatic carbocycles. The van der Waals surface area contributed by atoms with Crippen molar-refractivity contribution in [2.75, 3.05) is 18.4 Å². The number of rotatable bonds is 4. The standard InChI is InChI=1S/C23H25BrN4O3S/c1-13-5-4-8-27(10-13)18(29)11-28-12-25-22-19(23(28)31)15(3)20(32-22)21(30)26-17-7-6-16(24)9-14(17)2/h6-7,9,12-13H,4-5,8,10-11H2,1-3H3,(H,26,30)/t13-/m1/s1. The Morgan fingerprint density at radius 2 is 2.09 bits per heavy atom. The molecule has 7 nitrogen and oxygen atoms in total. The average Bonchev–Trinajstić information content (AvgIpc) is 3.09. The number of hydrogen-bond donors (Lipinski definition) is 1. The van der Waals surface area contributed by atoms with Gasteiger partial charge < -0.3 is 10.2 Å². The SMILES string of the molecule is Cc1cc(Br)ccc1NC(=O)c1sc2ncn(CC(=O)N3CCC[C@@H](C)C3)c(=O)c2c1C. The molecule has 1 saturated heterocycles. The molecule has 3 aromatic rings. The molecule has 0 unspecified atom stereocenters. The molecule has 2 aromatic heterocycles. The van der Waals surface area contributed by atoms with Crippen molar-refractivity contribution in [3.8, 4) is 0 Å². The molecule has 32 heavy (non-hydrogen) atoms. The molecule has 2 amide bonds. The van der Waals surface area contributed by atoms with Crippen LogP contribution < -0.4 is 10.9 Å². The minimum Gasteiger partial charge on any atom is -0.341 e. The fourth-order valence-corrected chi connectivity index (χ4v) is 5.61. The molecule has 1 atom stereocenters. The predicted octanol–water partition coefficient (Wildman–Crippen LogP) is 4.35. The van der Waals surface area contributed by atoms with Gasteiger partial charge in [0, 0.05) is 23.2 Å². The third kappa shape index (κ3) is 4.49. The van der Waals surface area contributed by atoms with E-state index < -0.39 is 0 Å². The van der Waals surface area contributed by atoms with Crippen molar-refractivity contribution < 1.29 is 9.59 Å². The number of anilines is 1. The summed E-state index contributed by atoms with van der Waals surface area (Å²) in [5, 5.41) is 3.32. The van der Waals surface area contributed by atoms with Gasteiger partial charge >= 0.3 is 0 Å². The number of fused-ring (bicyclic) bond motifs is 1. The van der Waals surface area contributed by atoms with E-state index in [4.69, 9.17) is 0 Å². The number of hydrogen-bond acceptors (Lipinski definition) is 5. The maximum atomic E-state index is 13.1. The average molecular weight is 517 g/mol. The minimum absolute atomic E-state index is 0.0383. The number of amides is 2. The van der Waals surface area contributed by atoms with E-state index in [1.165, 1.54) is 22.2 Å². The van der Waals surface area contributed by atoms with Crippen molar-refractivity contribution in [3.63, 3.8) is 0 Å². The van der Waals surface area contributed by atoms with Crippen molar-refractivity contribution in [1.82, 2.24) is 14.5 Å². The molecule has 0 aliphatic carbocycles. The Labute approximate surface area is 198 Å². The molecule has 0 spiro atoms. The minimum atomic E-state index is -0.291. The summed E-state index contributed by atoms with van der Waals surface area (Å²) in [6.07, 6.45) is 3.52. The van der Waals surface area contributed by atoms with Gasteiger partial charge in [-0.3, -0.25) is 19.0 Å². The fourth-order valence-electron chi connectivity index (χ4n) is 4.10. The van der Waals surface area contributed by atoms with Crippen LogP contribution >= 0.6 is 27.3 Å². The van der Waals surface area contributed by atoms with Crippen LogP contribution in [0.4, 0.5) is 5.69 Å². The monoisotopic (exact) mass is 516 g/mol. The third-order valence-electron chi connectivity index (χ3n) is 5.88. The summed E-state index contributed by atoms with van der Waals surface area (Å²) in [6, 6.07) is 5.62. The fraction of sp³-hybridized carbons (Fsp3) is 0.391. The summed E-state index contributed by atoms with van der Waals surface area (Å²) < 4.78 is 2.29. The van der Waals surface area contributed by atoms with E-state index in [-0.39, 0.29) is 23.9 Å². The molecule has 3 heterocycles. The first-order valence-corrected chi connectivity index (χ1v) is 12.2. The number of nitrogens with zero attached hydrogens (tertiary/aromatic N) is 3. The van der Waals surface area contributed by atoms with Crippen LogP contribution in [0.1, 0.15) is 40.6 Å². The molecule has 1 N–H and O–H groups in total. The van der Waals surface area contributed by atoms with Gasteiger partial charge in [-0.05, 0) is 61.9 Å². The zero-order valence-electron chi connectivity index (χ0n) is 18.3. The first-order chi connectivity index (χ1) is 15.2. The van der Waals surface area contributed by atoms with E-state index in [0.29, 0.717) is 32.3 Å². The van der Waals surface area contributed by atoms with Gasteiger partial charge in [-0.15, -0.1) is 11.3 Å². The Morgan fingerprint density at radius 3 is 2.81 bits per heavy atom. The van der Waals surface area contributed by atoms with Crippen LogP contribution in [0.25, 0.3) is 10.2 Å². The summed E-state index contributed by atoms with van der Waals surface area (Å²) in [7, 11) is 0. The highest BCUT2D eigenvalue weighted by molar-refractivity contribution is 9.10. The quantitative estimate of drug-likeness (QED) is 0.558. The van der Waals surface area contributed by atoms with Crippen molar-refractivity contribution in [2.45, 2.75) is 40.2 Å². The van der Waals surface area contributed by atoms with E-state index in [1.54, 1.807) is 6.92 Å². The molecular formula is C23H25BrN4O3S. The number of likely N-dealkylation sites (tertiary alicyclic amines) is 1. The van der Waals surface area contributed by atoms with E-state index >= 15 is 0 Å². The topological polar surface area (TPSA) is 84.3 Å². The van der Waals surface area contributed by atoms with Gasteiger partial charge in [0.05, 0.1) is 16.6 Å². The normalized spacial score (nSPS) is 16.4. The van der Waals surface area contributed by atoms with E-state index in [9.17, 15) is 14.4 Å². The summed E-state index contributed by atoms with van der Waals surface area (Å²) in [4.78, 5) is 46.0. The van der Waals surface area contributed by atoms with E-state index in [0.717, 1.165) is 36.0 Å². The van der Waals surface area contributed by atoms with Gasteiger partial charge in [-0.2, -0.15) is 0 Å². The first kappa shape index (κ1) is 22.7. The van der Waals surface area contributed by atoms with Crippen LogP contribution in [-0.2, 0) is 11.3 Å². The Kier molecular flexibility index (Phi) is 6.48. The highest BCUT2D eigenvalue weighted by Gasteiger charge is 2.23. The summed E-state index contributed by atoms with van der Waals surface area (Å²) in [5.41, 5.74) is 1.93. The summed E-state index contributed by atoms with van der Waals surface area (Å²) in [6.45, 7) is 7.22. The largest absolute Gasteiger partial charge is 0.341 e. The molecule has 1 aliphatic rings. The second-order valence-electron chi connectivity index (χ2n) is 8.41. The lowest BCUT2D eigenvalue weighted by atomic mass is 10.0. The lowest BCUT2D eigenvalue weighted by Gasteiger charge is -2.31. The Morgan fingerprint density at radius 1 is 1.31 bits per heavy atom. The molecule has 1 fully saturated rings. The number of benzene rings is 1. The van der Waals surface area contributed by atoms with Gasteiger partial charge in [0.1, 0.15) is 11.4 Å². The second kappa shape index (κ2) is 9.15. The van der Waals surface area contributed by atoms with Crippen molar-refractivity contribution in [3.05, 3.63) is 55.4 Å². The number of nitrogens with one attached hydrogen (secondary N) is 1. The zero-order valence-corrected chi connectivity index (χ0v) is 20.7. The molecule has 168 valence electrons.